The maximum atomic E-state index is 12.0. The van der Waals surface area contributed by atoms with Crippen LogP contribution < -0.4 is 0 Å². The molecule has 0 aliphatic carbocycles. The second-order valence-electron chi connectivity index (χ2n) is 4.02. The summed E-state index contributed by atoms with van der Waals surface area (Å²) in [6, 6.07) is 2.05. The highest BCUT2D eigenvalue weighted by Crippen LogP contribution is 2.17. The summed E-state index contributed by atoms with van der Waals surface area (Å²) in [7, 11) is 0. The number of unbranched alkanes of at least 4 members (excludes halogenated alkanes) is 1. The Labute approximate surface area is 96.5 Å². The van der Waals surface area contributed by atoms with Crippen molar-refractivity contribution in [3.63, 3.8) is 0 Å². The molecule has 0 fully saturated rings. The van der Waals surface area contributed by atoms with E-state index in [9.17, 15) is 4.79 Å². The van der Waals surface area contributed by atoms with Crippen LogP contribution in [0.3, 0.4) is 0 Å². The van der Waals surface area contributed by atoms with E-state index in [1.807, 2.05) is 5.38 Å². The summed E-state index contributed by atoms with van der Waals surface area (Å²) in [5.41, 5.74) is 1.18. The SMILES string of the molecule is CCCCC(CC)C(=O)Cc1ccsc1. The molecule has 0 aliphatic rings. The number of hydrogen-bond acceptors (Lipinski definition) is 2. The van der Waals surface area contributed by atoms with E-state index >= 15 is 0 Å². The lowest BCUT2D eigenvalue weighted by Crippen LogP contribution is -2.15. The molecular weight excluding hydrogens is 204 g/mol. The number of carbonyl (C=O) groups excluding carboxylic acids is 1. The quantitative estimate of drug-likeness (QED) is 0.682. The molecule has 84 valence electrons. The molecule has 0 aromatic carbocycles. The molecule has 0 bridgehead atoms. The fraction of sp³-hybridized carbons (Fsp3) is 0.615. The first-order chi connectivity index (χ1) is 7.27. The molecule has 0 aliphatic heterocycles. The average Bonchev–Trinajstić information content (AvgIpc) is 2.71. The van der Waals surface area contributed by atoms with Gasteiger partial charge in [0.15, 0.2) is 0 Å². The van der Waals surface area contributed by atoms with Crippen LogP contribution in [-0.4, -0.2) is 5.78 Å². The molecule has 0 saturated heterocycles. The summed E-state index contributed by atoms with van der Waals surface area (Å²) in [5, 5.41) is 4.11. The van der Waals surface area contributed by atoms with Crippen molar-refractivity contribution in [1.29, 1.82) is 0 Å². The molecule has 0 amide bonds. The van der Waals surface area contributed by atoms with Crippen LogP contribution in [0.25, 0.3) is 0 Å². The van der Waals surface area contributed by atoms with Crippen molar-refractivity contribution in [3.8, 4) is 0 Å². The van der Waals surface area contributed by atoms with E-state index in [2.05, 4.69) is 25.3 Å². The van der Waals surface area contributed by atoms with Gasteiger partial charge in [-0.2, -0.15) is 11.3 Å². The topological polar surface area (TPSA) is 17.1 Å². The van der Waals surface area contributed by atoms with Gasteiger partial charge in [-0.25, -0.2) is 0 Å². The van der Waals surface area contributed by atoms with E-state index in [1.165, 1.54) is 18.4 Å². The molecule has 0 N–H and O–H groups in total. The van der Waals surface area contributed by atoms with E-state index in [0.29, 0.717) is 12.2 Å². The third kappa shape index (κ3) is 4.17. The van der Waals surface area contributed by atoms with E-state index < -0.39 is 0 Å². The molecule has 1 aromatic rings. The Hall–Kier alpha value is -0.630. The predicted molar refractivity (Wildman–Crippen MR) is 66.3 cm³/mol. The smallest absolute Gasteiger partial charge is 0.140 e. The Morgan fingerprint density at radius 2 is 2.27 bits per heavy atom. The normalized spacial score (nSPS) is 12.7. The van der Waals surface area contributed by atoms with Gasteiger partial charge in [0.05, 0.1) is 0 Å². The van der Waals surface area contributed by atoms with E-state index in [-0.39, 0.29) is 5.92 Å². The maximum Gasteiger partial charge on any atom is 0.140 e. The van der Waals surface area contributed by atoms with Gasteiger partial charge >= 0.3 is 0 Å². The van der Waals surface area contributed by atoms with Gasteiger partial charge < -0.3 is 0 Å². The first-order valence-corrected chi connectivity index (χ1v) is 6.76. The Balaban J connectivity index is 2.43. The summed E-state index contributed by atoms with van der Waals surface area (Å²) in [4.78, 5) is 12.0. The summed E-state index contributed by atoms with van der Waals surface area (Å²) < 4.78 is 0. The maximum absolute atomic E-state index is 12.0. The summed E-state index contributed by atoms with van der Waals surface area (Å²) in [6.07, 6.45) is 5.04. The highest BCUT2D eigenvalue weighted by Gasteiger charge is 2.15. The molecule has 0 spiro atoms. The van der Waals surface area contributed by atoms with Crippen LogP contribution in [0, 0.1) is 5.92 Å². The summed E-state index contributed by atoms with van der Waals surface area (Å²) in [5.74, 6) is 0.703. The van der Waals surface area contributed by atoms with Crippen molar-refractivity contribution in [2.75, 3.05) is 0 Å². The fourth-order valence-corrected chi connectivity index (χ4v) is 2.45. The molecule has 0 saturated carbocycles. The number of carbonyl (C=O) groups is 1. The molecule has 1 atom stereocenters. The average molecular weight is 224 g/mol. The van der Waals surface area contributed by atoms with Crippen molar-refractivity contribution >= 4 is 17.1 Å². The van der Waals surface area contributed by atoms with Crippen molar-refractivity contribution in [2.45, 2.75) is 46.0 Å². The predicted octanol–water partition coefficient (Wildman–Crippen LogP) is 4.08. The number of hydrogen-bond donors (Lipinski definition) is 0. The van der Waals surface area contributed by atoms with Crippen molar-refractivity contribution in [2.24, 2.45) is 5.92 Å². The molecule has 1 unspecified atom stereocenters. The van der Waals surface area contributed by atoms with Crippen LogP contribution in [0.2, 0.25) is 0 Å². The lowest BCUT2D eigenvalue weighted by atomic mass is 9.92. The van der Waals surface area contributed by atoms with Gasteiger partial charge in [0, 0.05) is 12.3 Å². The van der Waals surface area contributed by atoms with Crippen LogP contribution in [0.4, 0.5) is 0 Å². The fourth-order valence-electron chi connectivity index (χ4n) is 1.78. The van der Waals surface area contributed by atoms with Crippen molar-refractivity contribution in [1.82, 2.24) is 0 Å². The second kappa shape index (κ2) is 6.78. The van der Waals surface area contributed by atoms with E-state index in [1.54, 1.807) is 11.3 Å². The second-order valence-corrected chi connectivity index (χ2v) is 4.80. The van der Waals surface area contributed by atoms with Crippen LogP contribution >= 0.6 is 11.3 Å². The van der Waals surface area contributed by atoms with Crippen molar-refractivity contribution < 1.29 is 4.79 Å². The molecule has 15 heavy (non-hydrogen) atoms. The Bertz CT molecular complexity index is 277. The molecule has 1 aromatic heterocycles. The third-order valence-corrected chi connectivity index (χ3v) is 3.54. The lowest BCUT2D eigenvalue weighted by Gasteiger charge is -2.12. The minimum atomic E-state index is 0.282. The largest absolute Gasteiger partial charge is 0.299 e. The Kier molecular flexibility index (Phi) is 5.62. The third-order valence-electron chi connectivity index (χ3n) is 2.81. The zero-order valence-corrected chi connectivity index (χ0v) is 10.5. The molecule has 2 heteroatoms. The van der Waals surface area contributed by atoms with Gasteiger partial charge in [0.1, 0.15) is 5.78 Å². The zero-order valence-electron chi connectivity index (χ0n) is 9.66. The summed E-state index contributed by atoms with van der Waals surface area (Å²) in [6.45, 7) is 4.29. The van der Waals surface area contributed by atoms with Crippen LogP contribution in [0.5, 0.6) is 0 Å². The highest BCUT2D eigenvalue weighted by molar-refractivity contribution is 7.07. The van der Waals surface area contributed by atoms with Gasteiger partial charge in [-0.05, 0) is 35.2 Å². The van der Waals surface area contributed by atoms with Gasteiger partial charge in [-0.15, -0.1) is 0 Å². The van der Waals surface area contributed by atoms with E-state index in [4.69, 9.17) is 0 Å². The first-order valence-electron chi connectivity index (χ1n) is 5.81. The number of rotatable bonds is 7. The monoisotopic (exact) mass is 224 g/mol. The van der Waals surface area contributed by atoms with E-state index in [0.717, 1.165) is 12.8 Å². The standard InChI is InChI=1S/C13H20OS/c1-3-5-6-12(4-2)13(14)9-11-7-8-15-10-11/h7-8,10,12H,3-6,9H2,1-2H3. The van der Waals surface area contributed by atoms with Gasteiger partial charge in [0.2, 0.25) is 0 Å². The number of thiophene rings is 1. The van der Waals surface area contributed by atoms with Gasteiger partial charge in [-0.3, -0.25) is 4.79 Å². The molecule has 1 rings (SSSR count). The van der Waals surface area contributed by atoms with Gasteiger partial charge in [-0.1, -0.05) is 26.7 Å². The Morgan fingerprint density at radius 3 is 2.80 bits per heavy atom. The molecular formula is C13H20OS. The summed E-state index contributed by atoms with van der Waals surface area (Å²) >= 11 is 1.67. The highest BCUT2D eigenvalue weighted by atomic mass is 32.1. The Morgan fingerprint density at radius 1 is 1.47 bits per heavy atom. The van der Waals surface area contributed by atoms with Gasteiger partial charge in [0.25, 0.3) is 0 Å². The molecule has 1 heterocycles. The van der Waals surface area contributed by atoms with Crippen molar-refractivity contribution in [3.05, 3.63) is 22.4 Å². The zero-order chi connectivity index (χ0) is 11.1. The first kappa shape index (κ1) is 12.4. The van der Waals surface area contributed by atoms with Crippen LogP contribution in [0.1, 0.15) is 45.1 Å². The minimum Gasteiger partial charge on any atom is -0.299 e. The minimum absolute atomic E-state index is 0.282. The van der Waals surface area contributed by atoms with Crippen LogP contribution in [0.15, 0.2) is 16.8 Å². The lowest BCUT2D eigenvalue weighted by molar-refractivity contribution is -0.122. The molecule has 0 radical (unpaired) electrons. The van der Waals surface area contributed by atoms with Crippen LogP contribution in [-0.2, 0) is 11.2 Å². The number of Topliss-reactive ketones (excluding diaryl/α,β-unsaturated/α-hetero) is 1. The number of ketones is 1. The molecule has 1 nitrogen and oxygen atoms in total.